The van der Waals surface area contributed by atoms with Crippen LogP contribution in [0.1, 0.15) is 29.8 Å². The molecule has 0 aliphatic carbocycles. The average molecular weight is 380 g/mol. The minimum absolute atomic E-state index is 0.222. The maximum absolute atomic E-state index is 12.5. The minimum atomic E-state index is -0.447. The van der Waals surface area contributed by atoms with Gasteiger partial charge in [0.25, 0.3) is 5.91 Å². The second-order valence-electron chi connectivity index (χ2n) is 6.19. The summed E-state index contributed by atoms with van der Waals surface area (Å²) in [6, 6.07) is 16.0. The van der Waals surface area contributed by atoms with Crippen LogP contribution in [0.2, 0.25) is 0 Å². The maximum Gasteiger partial charge on any atom is 0.337 e. The van der Waals surface area contributed by atoms with Gasteiger partial charge in [0.15, 0.2) is 0 Å². The summed E-state index contributed by atoms with van der Waals surface area (Å²) in [7, 11) is 1.31. The Bertz CT molecular complexity index is 858. The first kappa shape index (κ1) is 20.9. The van der Waals surface area contributed by atoms with Crippen molar-refractivity contribution in [1.82, 2.24) is 4.90 Å². The van der Waals surface area contributed by atoms with Gasteiger partial charge in [0.2, 0.25) is 5.91 Å². The number of amides is 2. The molecule has 0 aliphatic rings. The number of likely N-dealkylation sites (N-methyl/N-ethyl adjacent to an activating group) is 1. The minimum Gasteiger partial charge on any atom is -0.465 e. The van der Waals surface area contributed by atoms with Gasteiger partial charge in [-0.2, -0.15) is 0 Å². The Morgan fingerprint density at radius 2 is 1.68 bits per heavy atom. The number of nitrogens with zero attached hydrogens (tertiary/aromatic N) is 1. The number of benzene rings is 2. The van der Waals surface area contributed by atoms with E-state index in [2.05, 4.69) is 10.1 Å². The number of hydrogen-bond acceptors (Lipinski definition) is 4. The molecule has 0 radical (unpaired) electrons. The van der Waals surface area contributed by atoms with E-state index in [9.17, 15) is 14.4 Å². The summed E-state index contributed by atoms with van der Waals surface area (Å²) in [4.78, 5) is 38.0. The fourth-order valence-electron chi connectivity index (χ4n) is 2.53. The number of rotatable bonds is 7. The SMILES string of the molecule is CCN(Cc1ccccc1)C(=O)/C=C(\C)C(=O)Nc1ccc(C(=O)OC)cc1. The lowest BCUT2D eigenvalue weighted by atomic mass is 10.2. The van der Waals surface area contributed by atoms with Crippen molar-refractivity contribution in [1.29, 1.82) is 0 Å². The second kappa shape index (κ2) is 10.1. The Labute approximate surface area is 164 Å². The van der Waals surface area contributed by atoms with E-state index in [0.717, 1.165) is 5.56 Å². The van der Waals surface area contributed by atoms with Crippen LogP contribution < -0.4 is 5.32 Å². The molecule has 2 aromatic carbocycles. The van der Waals surface area contributed by atoms with Gasteiger partial charge >= 0.3 is 5.97 Å². The molecule has 0 heterocycles. The van der Waals surface area contributed by atoms with Crippen LogP contribution in [-0.4, -0.2) is 36.3 Å². The Morgan fingerprint density at radius 3 is 2.25 bits per heavy atom. The van der Waals surface area contributed by atoms with Crippen molar-refractivity contribution in [2.45, 2.75) is 20.4 Å². The summed E-state index contributed by atoms with van der Waals surface area (Å²) in [6.07, 6.45) is 1.34. The van der Waals surface area contributed by atoms with E-state index in [1.807, 2.05) is 37.3 Å². The molecule has 28 heavy (non-hydrogen) atoms. The number of methoxy groups -OCH3 is 1. The van der Waals surface area contributed by atoms with Crippen molar-refractivity contribution in [3.05, 3.63) is 77.4 Å². The summed E-state index contributed by atoms with van der Waals surface area (Å²) in [6.45, 7) is 4.50. The van der Waals surface area contributed by atoms with E-state index in [1.54, 1.807) is 36.1 Å². The van der Waals surface area contributed by atoms with E-state index in [4.69, 9.17) is 0 Å². The van der Waals surface area contributed by atoms with E-state index in [1.165, 1.54) is 13.2 Å². The first-order valence-electron chi connectivity index (χ1n) is 8.95. The second-order valence-corrected chi connectivity index (χ2v) is 6.19. The van der Waals surface area contributed by atoms with Crippen LogP contribution in [0, 0.1) is 0 Å². The fourth-order valence-corrected chi connectivity index (χ4v) is 2.53. The standard InChI is InChI=1S/C22H24N2O4/c1-4-24(15-17-8-6-5-7-9-17)20(25)14-16(2)21(26)23-19-12-10-18(11-13-19)22(27)28-3/h5-14H,4,15H2,1-3H3,(H,23,26)/b16-14+. The summed E-state index contributed by atoms with van der Waals surface area (Å²) in [5.41, 5.74) is 2.24. The summed E-state index contributed by atoms with van der Waals surface area (Å²) < 4.78 is 4.64. The number of anilines is 1. The Balaban J connectivity index is 2.01. The molecule has 0 unspecified atom stereocenters. The van der Waals surface area contributed by atoms with E-state index < -0.39 is 5.97 Å². The van der Waals surface area contributed by atoms with Crippen molar-refractivity contribution in [3.63, 3.8) is 0 Å². The smallest absolute Gasteiger partial charge is 0.337 e. The third-order valence-corrected chi connectivity index (χ3v) is 4.17. The summed E-state index contributed by atoms with van der Waals surface area (Å²) in [5, 5.41) is 2.71. The number of esters is 1. The first-order chi connectivity index (χ1) is 13.4. The number of nitrogens with one attached hydrogen (secondary N) is 1. The van der Waals surface area contributed by atoms with Gasteiger partial charge in [-0.05, 0) is 43.7 Å². The van der Waals surface area contributed by atoms with Gasteiger partial charge in [0.1, 0.15) is 0 Å². The highest BCUT2D eigenvalue weighted by Crippen LogP contribution is 2.12. The molecule has 6 heteroatoms. The van der Waals surface area contributed by atoms with Crippen LogP contribution in [-0.2, 0) is 20.9 Å². The monoisotopic (exact) mass is 380 g/mol. The topological polar surface area (TPSA) is 75.7 Å². The molecule has 0 spiro atoms. The highest BCUT2D eigenvalue weighted by molar-refractivity contribution is 6.07. The third kappa shape index (κ3) is 5.81. The largest absolute Gasteiger partial charge is 0.465 e. The molecular weight excluding hydrogens is 356 g/mol. The van der Waals surface area contributed by atoms with Crippen LogP contribution in [0.15, 0.2) is 66.2 Å². The van der Waals surface area contributed by atoms with Crippen LogP contribution in [0.3, 0.4) is 0 Å². The van der Waals surface area contributed by atoms with Crippen LogP contribution in [0.5, 0.6) is 0 Å². The van der Waals surface area contributed by atoms with E-state index >= 15 is 0 Å². The van der Waals surface area contributed by atoms with Crippen molar-refractivity contribution < 1.29 is 19.1 Å². The molecule has 146 valence electrons. The first-order valence-corrected chi connectivity index (χ1v) is 8.95. The van der Waals surface area contributed by atoms with Gasteiger partial charge in [0.05, 0.1) is 12.7 Å². The molecule has 0 saturated heterocycles. The lowest BCUT2D eigenvalue weighted by Gasteiger charge is -2.19. The normalized spacial score (nSPS) is 10.9. The van der Waals surface area contributed by atoms with Crippen LogP contribution in [0.4, 0.5) is 5.69 Å². The molecular formula is C22H24N2O4. The van der Waals surface area contributed by atoms with Gasteiger partial charge in [-0.3, -0.25) is 9.59 Å². The van der Waals surface area contributed by atoms with E-state index in [0.29, 0.717) is 29.9 Å². The number of carbonyl (C=O) groups excluding carboxylic acids is 3. The predicted octanol–water partition coefficient (Wildman–Crippen LogP) is 3.41. The lowest BCUT2D eigenvalue weighted by Crippen LogP contribution is -2.29. The molecule has 2 aromatic rings. The Kier molecular flexibility index (Phi) is 7.51. The number of carbonyl (C=O) groups is 3. The molecule has 2 amide bonds. The van der Waals surface area contributed by atoms with Crippen molar-refractivity contribution >= 4 is 23.5 Å². The van der Waals surface area contributed by atoms with Gasteiger partial charge in [-0.25, -0.2) is 4.79 Å². The molecule has 2 rings (SSSR count). The van der Waals surface area contributed by atoms with Gasteiger partial charge in [0, 0.05) is 30.4 Å². The molecule has 0 aliphatic heterocycles. The van der Waals surface area contributed by atoms with Gasteiger partial charge < -0.3 is 15.0 Å². The third-order valence-electron chi connectivity index (χ3n) is 4.17. The molecule has 0 saturated carbocycles. The molecule has 0 bridgehead atoms. The predicted molar refractivity (Wildman–Crippen MR) is 108 cm³/mol. The Morgan fingerprint density at radius 1 is 1.04 bits per heavy atom. The molecule has 6 nitrogen and oxygen atoms in total. The molecule has 0 fully saturated rings. The quantitative estimate of drug-likeness (QED) is 0.590. The Hall–Kier alpha value is -3.41. The average Bonchev–Trinajstić information content (AvgIpc) is 2.72. The summed E-state index contributed by atoms with van der Waals surface area (Å²) >= 11 is 0. The van der Waals surface area contributed by atoms with Gasteiger partial charge in [-0.15, -0.1) is 0 Å². The highest BCUT2D eigenvalue weighted by Gasteiger charge is 2.13. The highest BCUT2D eigenvalue weighted by atomic mass is 16.5. The molecule has 0 aromatic heterocycles. The molecule has 0 atom stereocenters. The van der Waals surface area contributed by atoms with Crippen molar-refractivity contribution in [2.75, 3.05) is 19.0 Å². The zero-order chi connectivity index (χ0) is 20.5. The van der Waals surface area contributed by atoms with Crippen molar-refractivity contribution in [2.24, 2.45) is 0 Å². The van der Waals surface area contributed by atoms with E-state index in [-0.39, 0.29) is 11.8 Å². The summed E-state index contributed by atoms with van der Waals surface area (Å²) in [5.74, 6) is -1.05. The van der Waals surface area contributed by atoms with Crippen LogP contribution >= 0.6 is 0 Å². The van der Waals surface area contributed by atoms with Crippen molar-refractivity contribution in [3.8, 4) is 0 Å². The fraction of sp³-hybridized carbons (Fsp3) is 0.227. The lowest BCUT2D eigenvalue weighted by molar-refractivity contribution is -0.126. The number of ether oxygens (including phenoxy) is 1. The number of hydrogen-bond donors (Lipinski definition) is 1. The zero-order valence-electron chi connectivity index (χ0n) is 16.3. The maximum atomic E-state index is 12.5. The molecule has 1 N–H and O–H groups in total. The van der Waals surface area contributed by atoms with Gasteiger partial charge in [-0.1, -0.05) is 30.3 Å². The van der Waals surface area contributed by atoms with Crippen LogP contribution in [0.25, 0.3) is 0 Å². The zero-order valence-corrected chi connectivity index (χ0v) is 16.3.